The fraction of sp³-hybridized carbons (Fsp3) is 0.647. The summed E-state index contributed by atoms with van der Waals surface area (Å²) in [6.45, 7) is 9.83. The minimum atomic E-state index is -0.112. The Morgan fingerprint density at radius 2 is 1.86 bits per heavy atom. The highest BCUT2D eigenvalue weighted by Crippen LogP contribution is 2.32. The van der Waals surface area contributed by atoms with E-state index in [-0.39, 0.29) is 11.6 Å². The highest BCUT2D eigenvalue weighted by atomic mass is 16.6. The van der Waals surface area contributed by atoms with Gasteiger partial charge in [-0.05, 0) is 51.8 Å². The highest BCUT2D eigenvalue weighted by Gasteiger charge is 2.22. The van der Waals surface area contributed by atoms with Gasteiger partial charge in [0.1, 0.15) is 13.2 Å². The summed E-state index contributed by atoms with van der Waals surface area (Å²) in [5.74, 6) is 1.68. The Kier molecular flexibility index (Phi) is 5.12. The SMILES string of the molecule is COC(C)(C)CC(C)NC(C)c1ccc2c(c1)OCCO2. The van der Waals surface area contributed by atoms with Crippen molar-refractivity contribution in [3.63, 3.8) is 0 Å². The Morgan fingerprint density at radius 1 is 1.19 bits per heavy atom. The van der Waals surface area contributed by atoms with Crippen LogP contribution in [0.4, 0.5) is 0 Å². The predicted octanol–water partition coefficient (Wildman–Crippen LogP) is 3.31. The molecule has 0 radical (unpaired) electrons. The van der Waals surface area contributed by atoms with Crippen molar-refractivity contribution in [2.45, 2.75) is 51.8 Å². The summed E-state index contributed by atoms with van der Waals surface area (Å²) in [6.07, 6.45) is 0.957. The first kappa shape index (κ1) is 16.1. The molecule has 1 aliphatic rings. The first-order valence-electron chi connectivity index (χ1n) is 7.62. The van der Waals surface area contributed by atoms with Gasteiger partial charge in [-0.15, -0.1) is 0 Å². The van der Waals surface area contributed by atoms with E-state index in [4.69, 9.17) is 14.2 Å². The number of nitrogens with one attached hydrogen (secondary N) is 1. The van der Waals surface area contributed by atoms with Crippen LogP contribution < -0.4 is 14.8 Å². The van der Waals surface area contributed by atoms with Crippen molar-refractivity contribution in [2.24, 2.45) is 0 Å². The largest absolute Gasteiger partial charge is 0.486 e. The quantitative estimate of drug-likeness (QED) is 0.873. The van der Waals surface area contributed by atoms with Gasteiger partial charge < -0.3 is 19.5 Å². The number of fused-ring (bicyclic) bond motifs is 1. The smallest absolute Gasteiger partial charge is 0.161 e. The Hall–Kier alpha value is -1.26. The molecule has 2 rings (SSSR count). The van der Waals surface area contributed by atoms with Gasteiger partial charge in [-0.25, -0.2) is 0 Å². The lowest BCUT2D eigenvalue weighted by Crippen LogP contribution is -2.36. The molecule has 0 fully saturated rings. The van der Waals surface area contributed by atoms with Gasteiger partial charge in [0, 0.05) is 19.2 Å². The molecule has 1 N–H and O–H groups in total. The fourth-order valence-corrected chi connectivity index (χ4v) is 2.73. The van der Waals surface area contributed by atoms with E-state index in [1.54, 1.807) is 7.11 Å². The third-order valence-corrected chi connectivity index (χ3v) is 3.95. The Bertz CT molecular complexity index is 473. The normalized spacial score (nSPS) is 17.4. The minimum absolute atomic E-state index is 0.112. The number of hydrogen-bond acceptors (Lipinski definition) is 4. The van der Waals surface area contributed by atoms with Gasteiger partial charge >= 0.3 is 0 Å². The van der Waals surface area contributed by atoms with Crippen molar-refractivity contribution in [1.29, 1.82) is 0 Å². The van der Waals surface area contributed by atoms with E-state index >= 15 is 0 Å². The van der Waals surface area contributed by atoms with Crippen LogP contribution in [0.15, 0.2) is 18.2 Å². The minimum Gasteiger partial charge on any atom is -0.486 e. The van der Waals surface area contributed by atoms with Crippen LogP contribution in [0.5, 0.6) is 11.5 Å². The van der Waals surface area contributed by atoms with Crippen LogP contribution in [0.25, 0.3) is 0 Å². The third kappa shape index (κ3) is 4.35. The summed E-state index contributed by atoms with van der Waals surface area (Å²) in [6, 6.07) is 6.78. The van der Waals surface area contributed by atoms with E-state index in [1.807, 2.05) is 6.07 Å². The van der Waals surface area contributed by atoms with Gasteiger partial charge in [0.05, 0.1) is 5.60 Å². The standard InChI is InChI=1S/C17H27NO3/c1-12(11-17(3,4)19-5)18-13(2)14-6-7-15-16(10-14)21-9-8-20-15/h6-7,10,12-13,18H,8-9,11H2,1-5H3. The maximum absolute atomic E-state index is 5.64. The highest BCUT2D eigenvalue weighted by molar-refractivity contribution is 5.44. The van der Waals surface area contributed by atoms with Gasteiger partial charge in [0.15, 0.2) is 11.5 Å². The zero-order chi connectivity index (χ0) is 15.5. The van der Waals surface area contributed by atoms with Gasteiger partial charge in [0.2, 0.25) is 0 Å². The summed E-state index contributed by atoms with van der Waals surface area (Å²) in [7, 11) is 1.76. The molecular formula is C17H27NO3. The number of rotatable bonds is 6. The molecule has 0 spiro atoms. The van der Waals surface area contributed by atoms with Crippen molar-refractivity contribution in [2.75, 3.05) is 20.3 Å². The molecule has 1 heterocycles. The number of methoxy groups -OCH3 is 1. The number of hydrogen-bond donors (Lipinski definition) is 1. The molecule has 1 aromatic rings. The summed E-state index contributed by atoms with van der Waals surface area (Å²) in [5, 5.41) is 3.62. The molecule has 118 valence electrons. The fourth-order valence-electron chi connectivity index (χ4n) is 2.73. The Labute approximate surface area is 127 Å². The van der Waals surface area contributed by atoms with Gasteiger partial charge in [-0.1, -0.05) is 6.07 Å². The van der Waals surface area contributed by atoms with Crippen LogP contribution in [-0.4, -0.2) is 32.0 Å². The summed E-state index contributed by atoms with van der Waals surface area (Å²) in [4.78, 5) is 0. The van der Waals surface area contributed by atoms with E-state index in [9.17, 15) is 0 Å². The molecular weight excluding hydrogens is 266 g/mol. The molecule has 21 heavy (non-hydrogen) atoms. The summed E-state index contributed by atoms with van der Waals surface area (Å²) in [5.41, 5.74) is 1.10. The van der Waals surface area contributed by atoms with Crippen LogP contribution in [0, 0.1) is 0 Å². The van der Waals surface area contributed by atoms with Gasteiger partial charge in [0.25, 0.3) is 0 Å². The van der Waals surface area contributed by atoms with Crippen molar-refractivity contribution >= 4 is 0 Å². The van der Waals surface area contributed by atoms with Crippen LogP contribution >= 0.6 is 0 Å². The third-order valence-electron chi connectivity index (χ3n) is 3.95. The molecule has 4 nitrogen and oxygen atoms in total. The average molecular weight is 293 g/mol. The predicted molar refractivity (Wildman–Crippen MR) is 84.1 cm³/mol. The molecule has 4 heteroatoms. The monoisotopic (exact) mass is 293 g/mol. The lowest BCUT2D eigenvalue weighted by atomic mass is 9.98. The lowest BCUT2D eigenvalue weighted by molar-refractivity contribution is 0.00782. The topological polar surface area (TPSA) is 39.7 Å². The van der Waals surface area contributed by atoms with Crippen molar-refractivity contribution < 1.29 is 14.2 Å². The Balaban J connectivity index is 1.98. The van der Waals surface area contributed by atoms with E-state index < -0.39 is 0 Å². The molecule has 0 amide bonds. The van der Waals surface area contributed by atoms with E-state index in [0.29, 0.717) is 19.3 Å². The summed E-state index contributed by atoms with van der Waals surface area (Å²) < 4.78 is 16.7. The number of ether oxygens (including phenoxy) is 3. The van der Waals surface area contributed by atoms with Crippen LogP contribution in [0.1, 0.15) is 45.7 Å². The molecule has 0 saturated heterocycles. The molecule has 0 saturated carbocycles. The van der Waals surface area contributed by atoms with Crippen molar-refractivity contribution in [1.82, 2.24) is 5.32 Å². The second kappa shape index (κ2) is 6.67. The zero-order valence-corrected chi connectivity index (χ0v) is 13.7. The van der Waals surface area contributed by atoms with E-state index in [2.05, 4.69) is 45.1 Å². The molecule has 1 aromatic carbocycles. The van der Waals surface area contributed by atoms with Gasteiger partial charge in [-0.2, -0.15) is 0 Å². The first-order chi connectivity index (χ1) is 9.91. The van der Waals surface area contributed by atoms with Gasteiger partial charge in [-0.3, -0.25) is 0 Å². The number of benzene rings is 1. The lowest BCUT2D eigenvalue weighted by Gasteiger charge is -2.29. The Morgan fingerprint density at radius 3 is 2.52 bits per heavy atom. The van der Waals surface area contributed by atoms with Crippen LogP contribution in [-0.2, 0) is 4.74 Å². The summed E-state index contributed by atoms with van der Waals surface area (Å²) >= 11 is 0. The zero-order valence-electron chi connectivity index (χ0n) is 13.7. The first-order valence-corrected chi connectivity index (χ1v) is 7.62. The van der Waals surface area contributed by atoms with Crippen LogP contribution in [0.3, 0.4) is 0 Å². The van der Waals surface area contributed by atoms with Crippen molar-refractivity contribution in [3.05, 3.63) is 23.8 Å². The molecule has 1 aliphatic heterocycles. The van der Waals surface area contributed by atoms with Crippen LogP contribution in [0.2, 0.25) is 0 Å². The second-order valence-electron chi connectivity index (χ2n) is 6.36. The maximum atomic E-state index is 5.64. The molecule has 0 bridgehead atoms. The van der Waals surface area contributed by atoms with E-state index in [0.717, 1.165) is 17.9 Å². The second-order valence-corrected chi connectivity index (χ2v) is 6.36. The van der Waals surface area contributed by atoms with E-state index in [1.165, 1.54) is 5.56 Å². The van der Waals surface area contributed by atoms with Crippen molar-refractivity contribution in [3.8, 4) is 11.5 Å². The maximum Gasteiger partial charge on any atom is 0.161 e. The average Bonchev–Trinajstić information content (AvgIpc) is 2.46. The molecule has 0 aliphatic carbocycles. The molecule has 2 unspecified atom stereocenters. The molecule has 0 aromatic heterocycles. The molecule has 2 atom stereocenters.